The van der Waals surface area contributed by atoms with E-state index in [9.17, 15) is 4.79 Å². The maximum absolute atomic E-state index is 11.9. The van der Waals surface area contributed by atoms with E-state index in [1.165, 1.54) is 0 Å². The van der Waals surface area contributed by atoms with Crippen LogP contribution in [-0.4, -0.2) is 30.6 Å². The van der Waals surface area contributed by atoms with Crippen molar-refractivity contribution < 1.29 is 4.79 Å². The zero-order valence-electron chi connectivity index (χ0n) is 11.8. The highest BCUT2D eigenvalue weighted by Gasteiger charge is 2.09. The Morgan fingerprint density at radius 3 is 2.63 bits per heavy atom. The smallest absolute Gasteiger partial charge is 0.321 e. The summed E-state index contributed by atoms with van der Waals surface area (Å²) in [6.45, 7) is 7.60. The van der Waals surface area contributed by atoms with Gasteiger partial charge >= 0.3 is 6.03 Å². The number of carbonyl (C=O) groups excluding carboxylic acids is 1. The molecular weight excluding hydrogens is 238 g/mol. The van der Waals surface area contributed by atoms with Crippen LogP contribution in [0.1, 0.15) is 25.0 Å². The van der Waals surface area contributed by atoms with E-state index in [-0.39, 0.29) is 6.03 Å². The van der Waals surface area contributed by atoms with Gasteiger partial charge in [-0.15, -0.1) is 0 Å². The summed E-state index contributed by atoms with van der Waals surface area (Å²) in [5.41, 5.74) is 8.09. The van der Waals surface area contributed by atoms with Gasteiger partial charge in [-0.25, -0.2) is 4.79 Å². The molecule has 102 valence electrons. The maximum atomic E-state index is 11.9. The van der Waals surface area contributed by atoms with Gasteiger partial charge in [-0.2, -0.15) is 0 Å². The van der Waals surface area contributed by atoms with Gasteiger partial charge in [0.2, 0.25) is 0 Å². The van der Waals surface area contributed by atoms with Crippen molar-refractivity contribution >= 4 is 11.7 Å². The predicted octanol–water partition coefficient (Wildman–Crippen LogP) is 2.18. The summed E-state index contributed by atoms with van der Waals surface area (Å²) in [5, 5.41) is 2.88. The molecule has 0 aromatic heterocycles. The third-order valence-electron chi connectivity index (χ3n) is 2.86. The molecule has 0 saturated heterocycles. The van der Waals surface area contributed by atoms with Gasteiger partial charge in [0.15, 0.2) is 0 Å². The van der Waals surface area contributed by atoms with Gasteiger partial charge in [-0.05, 0) is 38.5 Å². The monoisotopic (exact) mass is 259 g/mol. The van der Waals surface area contributed by atoms with Crippen molar-refractivity contribution in [2.24, 2.45) is 5.73 Å². The summed E-state index contributed by atoms with van der Waals surface area (Å²) in [6, 6.07) is 5.61. The molecule has 0 radical (unpaired) electrons. The Morgan fingerprint density at radius 1 is 1.37 bits per heavy atom. The van der Waals surface area contributed by atoms with Crippen molar-refractivity contribution in [2.75, 3.05) is 25.0 Å². The summed E-state index contributed by atoms with van der Waals surface area (Å²) < 4.78 is 0. The molecule has 0 aliphatic heterocycles. The van der Waals surface area contributed by atoms with E-state index >= 15 is 0 Å². The minimum atomic E-state index is -0.0911. The van der Waals surface area contributed by atoms with Crippen LogP contribution in [0.2, 0.25) is 0 Å². The Morgan fingerprint density at radius 2 is 2.05 bits per heavy atom. The molecular formula is C15H21N3O. The van der Waals surface area contributed by atoms with Crippen LogP contribution in [-0.2, 0) is 0 Å². The zero-order chi connectivity index (χ0) is 14.3. The van der Waals surface area contributed by atoms with Gasteiger partial charge in [-0.3, -0.25) is 0 Å². The number of nitrogens with one attached hydrogen (secondary N) is 1. The Bertz CT molecular complexity index is 496. The van der Waals surface area contributed by atoms with Crippen LogP contribution in [0.25, 0.3) is 0 Å². The first kappa shape index (κ1) is 15.1. The number of rotatable bonds is 3. The van der Waals surface area contributed by atoms with E-state index in [1.807, 2.05) is 39.0 Å². The standard InChI is InChI=1S/C15H21N3O/c1-4-18(5-2)15(19)17-14-9-8-12(3)13(11-14)7-6-10-16/h8-9,11H,4-5,10,16H2,1-3H3,(H,17,19). The normalized spacial score (nSPS) is 9.47. The lowest BCUT2D eigenvalue weighted by Gasteiger charge is -2.19. The fourth-order valence-corrected chi connectivity index (χ4v) is 1.69. The van der Waals surface area contributed by atoms with Crippen molar-refractivity contribution in [3.8, 4) is 11.8 Å². The second-order valence-corrected chi connectivity index (χ2v) is 4.14. The van der Waals surface area contributed by atoms with E-state index < -0.39 is 0 Å². The number of amides is 2. The largest absolute Gasteiger partial charge is 0.325 e. The average Bonchev–Trinajstić information content (AvgIpc) is 2.40. The van der Waals surface area contributed by atoms with Crippen molar-refractivity contribution in [1.82, 2.24) is 4.90 Å². The first-order valence-corrected chi connectivity index (χ1v) is 6.47. The molecule has 0 aliphatic rings. The molecule has 2 amide bonds. The number of benzene rings is 1. The van der Waals surface area contributed by atoms with Crippen molar-refractivity contribution in [2.45, 2.75) is 20.8 Å². The van der Waals surface area contributed by atoms with Crippen LogP contribution >= 0.6 is 0 Å². The number of carbonyl (C=O) groups is 1. The van der Waals surface area contributed by atoms with Crippen molar-refractivity contribution in [3.63, 3.8) is 0 Å². The average molecular weight is 259 g/mol. The lowest BCUT2D eigenvalue weighted by atomic mass is 10.1. The second-order valence-electron chi connectivity index (χ2n) is 4.14. The molecule has 1 aromatic rings. The molecule has 3 N–H and O–H groups in total. The third-order valence-corrected chi connectivity index (χ3v) is 2.86. The third kappa shape index (κ3) is 4.31. The van der Waals surface area contributed by atoms with Crippen LogP contribution in [0, 0.1) is 18.8 Å². The Balaban J connectivity index is 2.88. The highest BCUT2D eigenvalue weighted by atomic mass is 16.2. The molecule has 0 aliphatic carbocycles. The molecule has 4 heteroatoms. The van der Waals surface area contributed by atoms with Gasteiger partial charge < -0.3 is 16.0 Å². The van der Waals surface area contributed by atoms with Gasteiger partial charge in [0.25, 0.3) is 0 Å². The summed E-state index contributed by atoms with van der Waals surface area (Å²) in [7, 11) is 0. The van der Waals surface area contributed by atoms with Crippen LogP contribution < -0.4 is 11.1 Å². The summed E-state index contributed by atoms with van der Waals surface area (Å²) in [4.78, 5) is 13.7. The molecule has 4 nitrogen and oxygen atoms in total. The molecule has 0 atom stereocenters. The Hall–Kier alpha value is -1.99. The van der Waals surface area contributed by atoms with Crippen LogP contribution in [0.15, 0.2) is 18.2 Å². The number of urea groups is 1. The first-order valence-electron chi connectivity index (χ1n) is 6.47. The highest BCUT2D eigenvalue weighted by Crippen LogP contribution is 2.15. The predicted molar refractivity (Wildman–Crippen MR) is 79.1 cm³/mol. The summed E-state index contributed by atoms with van der Waals surface area (Å²) in [6.07, 6.45) is 0. The van der Waals surface area contributed by atoms with E-state index in [2.05, 4.69) is 17.2 Å². The molecule has 19 heavy (non-hydrogen) atoms. The highest BCUT2D eigenvalue weighted by molar-refractivity contribution is 5.89. The number of aryl methyl sites for hydroxylation is 1. The molecule has 0 unspecified atom stereocenters. The number of anilines is 1. The van der Waals surface area contributed by atoms with Crippen LogP contribution in [0.3, 0.4) is 0 Å². The molecule has 0 spiro atoms. The summed E-state index contributed by atoms with van der Waals surface area (Å²) in [5.74, 6) is 5.83. The Kier molecular flexibility index (Phi) is 5.91. The SMILES string of the molecule is CCN(CC)C(=O)Nc1ccc(C)c(C#CCN)c1. The van der Waals surface area contributed by atoms with E-state index in [0.717, 1.165) is 16.8 Å². The molecule has 1 aromatic carbocycles. The topological polar surface area (TPSA) is 58.4 Å². The van der Waals surface area contributed by atoms with Gasteiger partial charge in [-0.1, -0.05) is 17.9 Å². The fraction of sp³-hybridized carbons (Fsp3) is 0.400. The number of hydrogen-bond donors (Lipinski definition) is 2. The first-order chi connectivity index (χ1) is 9.12. The maximum Gasteiger partial charge on any atom is 0.321 e. The quantitative estimate of drug-likeness (QED) is 0.817. The van der Waals surface area contributed by atoms with Crippen molar-refractivity contribution in [3.05, 3.63) is 29.3 Å². The zero-order valence-corrected chi connectivity index (χ0v) is 11.8. The molecule has 1 rings (SSSR count). The second kappa shape index (κ2) is 7.45. The van der Waals surface area contributed by atoms with E-state index in [1.54, 1.807) is 4.90 Å². The minimum absolute atomic E-state index is 0.0911. The van der Waals surface area contributed by atoms with E-state index in [4.69, 9.17) is 5.73 Å². The lowest BCUT2D eigenvalue weighted by Crippen LogP contribution is -2.34. The molecule has 0 fully saturated rings. The number of hydrogen-bond acceptors (Lipinski definition) is 2. The molecule has 0 heterocycles. The van der Waals surface area contributed by atoms with Crippen LogP contribution in [0.5, 0.6) is 0 Å². The van der Waals surface area contributed by atoms with Gasteiger partial charge in [0, 0.05) is 24.3 Å². The van der Waals surface area contributed by atoms with Crippen LogP contribution in [0.4, 0.5) is 10.5 Å². The molecule has 0 bridgehead atoms. The van der Waals surface area contributed by atoms with Crippen molar-refractivity contribution in [1.29, 1.82) is 0 Å². The number of nitrogens with two attached hydrogens (primary N) is 1. The van der Waals surface area contributed by atoms with E-state index in [0.29, 0.717) is 19.6 Å². The van der Waals surface area contributed by atoms with Gasteiger partial charge in [0.05, 0.1) is 6.54 Å². The minimum Gasteiger partial charge on any atom is -0.325 e. The van der Waals surface area contributed by atoms with Gasteiger partial charge in [0.1, 0.15) is 0 Å². The number of nitrogens with zero attached hydrogens (tertiary/aromatic N) is 1. The summed E-state index contributed by atoms with van der Waals surface area (Å²) >= 11 is 0. The fourth-order valence-electron chi connectivity index (χ4n) is 1.69. The molecule has 0 saturated carbocycles. The Labute approximate surface area is 115 Å². The lowest BCUT2D eigenvalue weighted by molar-refractivity contribution is 0.217.